The molecule has 0 aliphatic rings. The molecule has 0 atom stereocenters. The van der Waals surface area contributed by atoms with Crippen LogP contribution in [0.15, 0.2) is 42.5 Å². The fraction of sp³-hybridized carbons (Fsp3) is 0.150. The van der Waals surface area contributed by atoms with Gasteiger partial charge in [-0.1, -0.05) is 35.1 Å². The van der Waals surface area contributed by atoms with Crippen LogP contribution in [0.25, 0.3) is 15.5 Å². The Hall–Kier alpha value is -3.08. The van der Waals surface area contributed by atoms with Gasteiger partial charge in [0.1, 0.15) is 10.8 Å². The molecule has 0 saturated carbocycles. The zero-order valence-electron chi connectivity index (χ0n) is 16.5. The summed E-state index contributed by atoms with van der Waals surface area (Å²) in [5.41, 5.74) is 1.91. The molecule has 158 valence electrons. The number of anilines is 1. The summed E-state index contributed by atoms with van der Waals surface area (Å²) in [6.45, 7) is 4.19. The summed E-state index contributed by atoms with van der Waals surface area (Å²) in [4.78, 5) is 13.3. The van der Waals surface area contributed by atoms with E-state index in [-0.39, 0.29) is 11.0 Å². The Labute approximate surface area is 192 Å². The fourth-order valence-electron chi connectivity index (χ4n) is 2.85. The molecule has 0 unspecified atom stereocenters. The van der Waals surface area contributed by atoms with Crippen LogP contribution in [-0.4, -0.2) is 37.4 Å². The van der Waals surface area contributed by atoms with Gasteiger partial charge in [0.25, 0.3) is 5.91 Å². The molecule has 4 rings (SSSR count). The second-order valence-electron chi connectivity index (χ2n) is 6.38. The molecule has 2 aromatic carbocycles. The van der Waals surface area contributed by atoms with Crippen LogP contribution >= 0.6 is 35.2 Å². The lowest BCUT2D eigenvalue weighted by Crippen LogP contribution is -2.34. The molecule has 2 N–H and O–H groups in total. The van der Waals surface area contributed by atoms with Crippen molar-refractivity contribution in [1.29, 1.82) is 0 Å². The molecule has 2 heterocycles. The lowest BCUT2D eigenvalue weighted by molar-refractivity contribution is 0.0977. The van der Waals surface area contributed by atoms with E-state index in [0.29, 0.717) is 39.4 Å². The number of aryl methyl sites for hydroxylation is 1. The van der Waals surface area contributed by atoms with Gasteiger partial charge in [0.15, 0.2) is 10.9 Å². The SMILES string of the molecule is CCOc1ccc(C(=O)NC(=S)Nc2ccccc2-c2nn3c(C)nnc3s2)cc1Cl. The molecule has 31 heavy (non-hydrogen) atoms. The number of carbonyl (C=O) groups is 1. The number of benzene rings is 2. The van der Waals surface area contributed by atoms with Gasteiger partial charge >= 0.3 is 0 Å². The lowest BCUT2D eigenvalue weighted by Gasteiger charge is -2.13. The van der Waals surface area contributed by atoms with Crippen molar-refractivity contribution in [3.8, 4) is 16.3 Å². The minimum absolute atomic E-state index is 0.154. The van der Waals surface area contributed by atoms with Gasteiger partial charge in [0.05, 0.1) is 17.3 Å². The van der Waals surface area contributed by atoms with Gasteiger partial charge in [-0.15, -0.1) is 10.2 Å². The predicted molar refractivity (Wildman–Crippen MR) is 125 cm³/mol. The standard InChI is InChI=1S/C20H17ClN6O2S2/c1-3-29-16-9-8-12(10-14(16)21)17(28)23-19(30)22-15-7-5-4-6-13(15)18-26-27-11(2)24-25-20(27)31-18/h4-10H,3H2,1-2H3,(H2,22,23,28,30). The van der Waals surface area contributed by atoms with Crippen LogP contribution < -0.4 is 15.4 Å². The number of nitrogens with one attached hydrogen (secondary N) is 2. The summed E-state index contributed by atoms with van der Waals surface area (Å²) in [6, 6.07) is 12.4. The maximum absolute atomic E-state index is 12.6. The number of fused-ring (bicyclic) bond motifs is 1. The van der Waals surface area contributed by atoms with E-state index in [4.69, 9.17) is 28.6 Å². The first kappa shape index (κ1) is 21.2. The molecule has 1 amide bonds. The van der Waals surface area contributed by atoms with E-state index in [2.05, 4.69) is 25.9 Å². The number of thiocarbonyl (C=S) groups is 1. The molecule has 0 bridgehead atoms. The van der Waals surface area contributed by atoms with Gasteiger partial charge < -0.3 is 10.1 Å². The zero-order chi connectivity index (χ0) is 22.0. The Morgan fingerprint density at radius 3 is 2.81 bits per heavy atom. The lowest BCUT2D eigenvalue weighted by atomic mass is 10.2. The second-order valence-corrected chi connectivity index (χ2v) is 8.15. The van der Waals surface area contributed by atoms with Crippen molar-refractivity contribution in [1.82, 2.24) is 25.1 Å². The molecular formula is C20H17ClN6O2S2. The number of hydrogen-bond donors (Lipinski definition) is 2. The number of nitrogens with zero attached hydrogens (tertiary/aromatic N) is 4. The van der Waals surface area contributed by atoms with Crippen LogP contribution in [0.2, 0.25) is 5.02 Å². The summed E-state index contributed by atoms with van der Waals surface area (Å²) in [5.74, 6) is 0.852. The van der Waals surface area contributed by atoms with Crippen molar-refractivity contribution in [3.05, 3.63) is 58.9 Å². The quantitative estimate of drug-likeness (QED) is 0.417. The van der Waals surface area contributed by atoms with Gasteiger partial charge in [-0.25, -0.2) is 0 Å². The van der Waals surface area contributed by atoms with Gasteiger partial charge in [-0.05, 0) is 56.4 Å². The molecule has 11 heteroatoms. The molecule has 8 nitrogen and oxygen atoms in total. The molecule has 0 saturated heterocycles. The number of rotatable bonds is 5. The third kappa shape index (κ3) is 4.50. The van der Waals surface area contributed by atoms with Gasteiger partial charge in [-0.3, -0.25) is 10.1 Å². The Kier molecular flexibility index (Phi) is 6.12. The van der Waals surface area contributed by atoms with E-state index in [0.717, 1.165) is 10.6 Å². The minimum Gasteiger partial charge on any atom is -0.492 e. The monoisotopic (exact) mass is 472 g/mol. The van der Waals surface area contributed by atoms with Gasteiger partial charge in [0, 0.05) is 11.1 Å². The number of ether oxygens (including phenoxy) is 1. The van der Waals surface area contributed by atoms with Crippen molar-refractivity contribution in [2.45, 2.75) is 13.8 Å². The molecule has 0 aliphatic carbocycles. The minimum atomic E-state index is -0.380. The number of halogens is 1. The topological polar surface area (TPSA) is 93.4 Å². The first-order valence-electron chi connectivity index (χ1n) is 9.29. The van der Waals surface area contributed by atoms with Crippen LogP contribution in [0, 0.1) is 6.92 Å². The van der Waals surface area contributed by atoms with E-state index in [1.54, 1.807) is 22.7 Å². The van der Waals surface area contributed by atoms with E-state index < -0.39 is 0 Å². The van der Waals surface area contributed by atoms with Crippen LogP contribution in [-0.2, 0) is 0 Å². The van der Waals surface area contributed by atoms with Crippen molar-refractivity contribution in [2.24, 2.45) is 0 Å². The summed E-state index contributed by atoms with van der Waals surface area (Å²) >= 11 is 12.9. The Bertz CT molecular complexity index is 1290. The summed E-state index contributed by atoms with van der Waals surface area (Å²) in [5, 5.41) is 19.7. The highest BCUT2D eigenvalue weighted by Crippen LogP contribution is 2.31. The third-order valence-electron chi connectivity index (χ3n) is 4.27. The summed E-state index contributed by atoms with van der Waals surface area (Å²) < 4.78 is 7.08. The second kappa shape index (κ2) is 8.96. The highest BCUT2D eigenvalue weighted by atomic mass is 35.5. The Balaban J connectivity index is 1.50. The zero-order valence-corrected chi connectivity index (χ0v) is 18.9. The van der Waals surface area contributed by atoms with E-state index >= 15 is 0 Å². The fourth-order valence-corrected chi connectivity index (χ4v) is 4.21. The van der Waals surface area contributed by atoms with E-state index in [1.165, 1.54) is 11.3 Å². The largest absolute Gasteiger partial charge is 0.492 e. The van der Waals surface area contributed by atoms with Crippen molar-refractivity contribution in [3.63, 3.8) is 0 Å². The average Bonchev–Trinajstić information content (AvgIpc) is 3.32. The number of aromatic nitrogens is 4. The molecule has 0 fully saturated rings. The Morgan fingerprint density at radius 1 is 1.26 bits per heavy atom. The average molecular weight is 473 g/mol. The highest BCUT2D eigenvalue weighted by molar-refractivity contribution is 7.80. The smallest absolute Gasteiger partial charge is 0.257 e. The van der Waals surface area contributed by atoms with E-state index in [1.807, 2.05) is 38.1 Å². The summed E-state index contributed by atoms with van der Waals surface area (Å²) in [7, 11) is 0. The number of hydrogen-bond acceptors (Lipinski definition) is 7. The van der Waals surface area contributed by atoms with Crippen LogP contribution in [0.3, 0.4) is 0 Å². The number of carbonyl (C=O) groups excluding carboxylic acids is 1. The van der Waals surface area contributed by atoms with Crippen molar-refractivity contribution < 1.29 is 9.53 Å². The van der Waals surface area contributed by atoms with Crippen LogP contribution in [0.4, 0.5) is 5.69 Å². The normalized spacial score (nSPS) is 10.8. The highest BCUT2D eigenvalue weighted by Gasteiger charge is 2.15. The molecular weight excluding hydrogens is 456 g/mol. The predicted octanol–water partition coefficient (Wildman–Crippen LogP) is 4.34. The maximum atomic E-state index is 12.6. The summed E-state index contributed by atoms with van der Waals surface area (Å²) in [6.07, 6.45) is 0. The van der Waals surface area contributed by atoms with E-state index in [9.17, 15) is 4.79 Å². The van der Waals surface area contributed by atoms with Gasteiger partial charge in [0.2, 0.25) is 4.96 Å². The number of amides is 1. The molecule has 0 aliphatic heterocycles. The first-order chi connectivity index (χ1) is 15.0. The number of para-hydroxylation sites is 1. The van der Waals surface area contributed by atoms with Crippen molar-refractivity contribution >= 4 is 56.8 Å². The molecule has 0 spiro atoms. The Morgan fingerprint density at radius 2 is 2.06 bits per heavy atom. The molecule has 0 radical (unpaired) electrons. The third-order valence-corrected chi connectivity index (χ3v) is 5.70. The molecule has 2 aromatic heterocycles. The van der Waals surface area contributed by atoms with Gasteiger partial charge in [-0.2, -0.15) is 9.61 Å². The van der Waals surface area contributed by atoms with Crippen LogP contribution in [0.5, 0.6) is 5.75 Å². The van der Waals surface area contributed by atoms with Crippen molar-refractivity contribution in [2.75, 3.05) is 11.9 Å². The maximum Gasteiger partial charge on any atom is 0.257 e. The first-order valence-corrected chi connectivity index (χ1v) is 10.9. The van der Waals surface area contributed by atoms with Crippen LogP contribution in [0.1, 0.15) is 23.1 Å². The molecule has 4 aromatic rings.